The third-order valence-electron chi connectivity index (χ3n) is 9.51. The quantitative estimate of drug-likeness (QED) is 0.375. The number of halogens is 1. The molecule has 3 amide bonds. The van der Waals surface area contributed by atoms with Crippen LogP contribution in [-0.4, -0.2) is 46.8 Å². The Kier molecular flexibility index (Phi) is 7.15. The van der Waals surface area contributed by atoms with Crippen molar-refractivity contribution < 1.29 is 18.8 Å². The van der Waals surface area contributed by atoms with Gasteiger partial charge in [-0.1, -0.05) is 42.5 Å². The van der Waals surface area contributed by atoms with Gasteiger partial charge in [-0.3, -0.25) is 4.79 Å². The lowest BCUT2D eigenvalue weighted by Gasteiger charge is -2.43. The number of urea groups is 1. The lowest BCUT2D eigenvalue weighted by Crippen LogP contribution is -2.63. The molecule has 0 aromatic heterocycles. The summed E-state index contributed by atoms with van der Waals surface area (Å²) in [4.78, 5) is 45.6. The summed E-state index contributed by atoms with van der Waals surface area (Å²) in [6.07, 6.45) is 6.35. The van der Waals surface area contributed by atoms with Crippen molar-refractivity contribution in [1.29, 1.82) is 0 Å². The largest absolute Gasteiger partial charge is 0.321 e. The first-order valence-electron chi connectivity index (χ1n) is 15.3. The number of carbonyl (C=O) groups excluding carboxylic acids is 3. The Hall–Kier alpha value is -4.59. The van der Waals surface area contributed by atoms with Crippen LogP contribution in [0.15, 0.2) is 83.9 Å². The minimum atomic E-state index is -2.21. The number of nitrogens with one attached hydrogen (secondary N) is 2. The summed E-state index contributed by atoms with van der Waals surface area (Å²) in [7, 11) is 0. The molecule has 8 nitrogen and oxygen atoms in total. The van der Waals surface area contributed by atoms with Crippen molar-refractivity contribution in [3.8, 4) is 0 Å². The number of para-hydroxylation sites is 1. The van der Waals surface area contributed by atoms with E-state index in [1.807, 2.05) is 31.2 Å². The molecule has 2 saturated carbocycles. The Morgan fingerprint density at radius 3 is 2.39 bits per heavy atom. The van der Waals surface area contributed by atoms with Crippen LogP contribution in [0.25, 0.3) is 0 Å². The van der Waals surface area contributed by atoms with E-state index in [1.54, 1.807) is 53.4 Å². The van der Waals surface area contributed by atoms with Crippen molar-refractivity contribution in [2.75, 3.05) is 16.9 Å². The maximum Gasteiger partial charge on any atom is 0.321 e. The normalized spacial score (nSPS) is 27.5. The molecule has 5 aliphatic rings. The van der Waals surface area contributed by atoms with Gasteiger partial charge in [0.25, 0.3) is 5.91 Å². The van der Waals surface area contributed by atoms with Crippen LogP contribution in [0.3, 0.4) is 0 Å². The van der Waals surface area contributed by atoms with E-state index in [9.17, 15) is 9.59 Å². The smallest absolute Gasteiger partial charge is 0.308 e. The highest BCUT2D eigenvalue weighted by Crippen LogP contribution is 2.49. The zero-order chi connectivity index (χ0) is 30.4. The van der Waals surface area contributed by atoms with Crippen molar-refractivity contribution in [2.45, 2.75) is 50.7 Å². The molecule has 2 saturated heterocycles. The van der Waals surface area contributed by atoms with E-state index in [4.69, 9.17) is 4.99 Å². The second kappa shape index (κ2) is 11.2. The maximum absolute atomic E-state index is 15.5. The standard InChI is InChI=1S/C35H34FN5O3/c1-22-7-6-8-26(15-22)37-34(44)39-35(13-14-42)33(43)41(40-21-25-17-23-16-24(18-25)20-27(40)19-23)31-12-5-3-10-29(31)32(38-35)28-9-2-4-11-30(28)36/h2-13,15,23-25,27H,16-21H2,1H3,(H2,37,39,44). The molecule has 9 heteroatoms. The summed E-state index contributed by atoms with van der Waals surface area (Å²) in [6, 6.07) is 20.0. The van der Waals surface area contributed by atoms with E-state index in [0.717, 1.165) is 37.3 Å². The van der Waals surface area contributed by atoms with Gasteiger partial charge in [-0.05, 0) is 92.7 Å². The van der Waals surface area contributed by atoms with E-state index in [1.165, 1.54) is 12.5 Å². The number of fused-ring (bicyclic) bond motifs is 2. The Morgan fingerprint density at radius 2 is 1.66 bits per heavy atom. The Labute approximate surface area is 255 Å². The molecule has 3 aromatic rings. The molecule has 0 spiro atoms. The van der Waals surface area contributed by atoms with Crippen molar-refractivity contribution >= 4 is 35.0 Å². The van der Waals surface area contributed by atoms with E-state index < -0.39 is 23.4 Å². The highest BCUT2D eigenvalue weighted by Gasteiger charge is 2.51. The van der Waals surface area contributed by atoms with Crippen LogP contribution in [0.5, 0.6) is 0 Å². The number of aliphatic imine (C=N–C) groups is 1. The number of rotatable bonds is 5. The highest BCUT2D eigenvalue weighted by atomic mass is 19.1. The molecule has 4 fully saturated rings. The fraction of sp³-hybridized carbons (Fsp3) is 0.343. The van der Waals surface area contributed by atoms with Gasteiger partial charge in [0.2, 0.25) is 5.66 Å². The summed E-state index contributed by atoms with van der Waals surface area (Å²) in [5.74, 6) is 2.23. The second-order valence-corrected chi connectivity index (χ2v) is 12.6. The van der Waals surface area contributed by atoms with Crippen LogP contribution in [0.1, 0.15) is 48.8 Å². The molecule has 0 radical (unpaired) electrons. The van der Waals surface area contributed by atoms with Gasteiger partial charge < -0.3 is 10.6 Å². The molecule has 2 aliphatic carbocycles. The summed E-state index contributed by atoms with van der Waals surface area (Å²) in [5, 5.41) is 9.23. The first-order valence-corrected chi connectivity index (χ1v) is 15.3. The van der Waals surface area contributed by atoms with Crippen LogP contribution in [0, 0.1) is 30.5 Å². The van der Waals surface area contributed by atoms with Gasteiger partial charge in [-0.2, -0.15) is 0 Å². The van der Waals surface area contributed by atoms with Crippen LogP contribution < -0.4 is 15.6 Å². The Morgan fingerprint density at radius 1 is 0.955 bits per heavy atom. The van der Waals surface area contributed by atoms with Crippen LogP contribution in [-0.2, 0) is 9.59 Å². The van der Waals surface area contributed by atoms with E-state index >= 15 is 9.18 Å². The molecule has 8 rings (SSSR count). The summed E-state index contributed by atoms with van der Waals surface area (Å²) < 4.78 is 15.5. The zero-order valence-electron chi connectivity index (χ0n) is 24.5. The number of hydrazine groups is 1. The molecule has 224 valence electrons. The fourth-order valence-electron chi connectivity index (χ4n) is 7.89. The number of benzene rings is 3. The number of aryl methyl sites for hydroxylation is 1. The fourth-order valence-corrected chi connectivity index (χ4v) is 7.89. The van der Waals surface area contributed by atoms with Gasteiger partial charge in [-0.15, -0.1) is 0 Å². The van der Waals surface area contributed by atoms with Crippen molar-refractivity contribution in [3.05, 3.63) is 101 Å². The number of carbonyl (C=O) groups is 2. The molecular weight excluding hydrogens is 557 g/mol. The number of hydrogen-bond donors (Lipinski definition) is 2. The molecule has 3 aromatic carbocycles. The first-order chi connectivity index (χ1) is 21.3. The number of hydrogen-bond acceptors (Lipinski definition) is 5. The molecule has 3 atom stereocenters. The molecule has 4 bridgehead atoms. The monoisotopic (exact) mass is 591 g/mol. The van der Waals surface area contributed by atoms with Gasteiger partial charge in [0, 0.05) is 29.4 Å². The number of anilines is 2. The predicted octanol–water partition coefficient (Wildman–Crippen LogP) is 5.65. The van der Waals surface area contributed by atoms with Crippen LogP contribution >= 0.6 is 0 Å². The topological polar surface area (TPSA) is 94.1 Å². The zero-order valence-corrected chi connectivity index (χ0v) is 24.5. The number of nitrogens with zero attached hydrogens (tertiary/aromatic N) is 3. The van der Waals surface area contributed by atoms with Crippen molar-refractivity contribution in [3.63, 3.8) is 0 Å². The lowest BCUT2D eigenvalue weighted by molar-refractivity contribution is -0.126. The average Bonchev–Trinajstić information content (AvgIpc) is 3.24. The Bertz CT molecular complexity index is 1700. The molecular formula is C35H34FN5O3. The molecule has 3 aliphatic heterocycles. The predicted molar refractivity (Wildman–Crippen MR) is 166 cm³/mol. The van der Waals surface area contributed by atoms with E-state index in [0.29, 0.717) is 41.2 Å². The maximum atomic E-state index is 15.5. The minimum Gasteiger partial charge on any atom is -0.308 e. The number of benzodiazepines with no additional fused rings is 1. The second-order valence-electron chi connectivity index (χ2n) is 12.6. The minimum absolute atomic E-state index is 0.109. The third kappa shape index (κ3) is 5.02. The first kappa shape index (κ1) is 28.2. The van der Waals surface area contributed by atoms with Gasteiger partial charge in [0.1, 0.15) is 11.8 Å². The molecule has 3 heterocycles. The third-order valence-corrected chi connectivity index (χ3v) is 9.51. The van der Waals surface area contributed by atoms with Crippen molar-refractivity contribution in [1.82, 2.24) is 10.3 Å². The Balaban J connectivity index is 1.40. The molecule has 2 N–H and O–H groups in total. The summed E-state index contributed by atoms with van der Waals surface area (Å²) in [6.45, 7) is 2.57. The van der Waals surface area contributed by atoms with E-state index in [2.05, 4.69) is 15.6 Å². The van der Waals surface area contributed by atoms with Gasteiger partial charge in [0.15, 0.2) is 0 Å². The van der Waals surface area contributed by atoms with Crippen LogP contribution in [0.4, 0.5) is 20.6 Å². The van der Waals surface area contributed by atoms with Gasteiger partial charge in [0.05, 0.1) is 17.5 Å². The van der Waals surface area contributed by atoms with E-state index in [-0.39, 0.29) is 17.3 Å². The lowest BCUT2D eigenvalue weighted by atomic mass is 9.68. The average molecular weight is 592 g/mol. The molecule has 3 unspecified atom stereocenters. The SMILES string of the molecule is Cc1cccc(NC(=O)NC2(C=C=O)N=C(c3ccccc3F)c3ccccc3N(N3CC4CC5CC(C4)CC3C5)C2=O)c1. The van der Waals surface area contributed by atoms with Crippen molar-refractivity contribution in [2.24, 2.45) is 22.7 Å². The summed E-state index contributed by atoms with van der Waals surface area (Å²) in [5.41, 5.74) is 0.582. The van der Waals surface area contributed by atoms with Gasteiger partial charge in [-0.25, -0.2) is 29.0 Å². The van der Waals surface area contributed by atoms with Gasteiger partial charge >= 0.3 is 6.03 Å². The summed E-state index contributed by atoms with van der Waals surface area (Å²) >= 11 is 0. The number of amides is 3. The van der Waals surface area contributed by atoms with Crippen LogP contribution in [0.2, 0.25) is 0 Å². The highest BCUT2D eigenvalue weighted by molar-refractivity contribution is 6.21. The molecule has 44 heavy (non-hydrogen) atoms.